The number of piperazine rings is 1. The summed E-state index contributed by atoms with van der Waals surface area (Å²) in [7, 11) is 0. The van der Waals surface area contributed by atoms with Crippen LogP contribution < -0.4 is 0 Å². The Labute approximate surface area is 138 Å². The number of carbonyl (C=O) groups excluding carboxylic acids is 2. The van der Waals surface area contributed by atoms with E-state index in [1.165, 1.54) is 4.90 Å². The van der Waals surface area contributed by atoms with Crippen LogP contribution in [-0.4, -0.2) is 88.8 Å². The van der Waals surface area contributed by atoms with E-state index < -0.39 is 17.7 Å². The molecule has 23 heavy (non-hydrogen) atoms. The number of likely N-dealkylation sites (tertiary alicyclic amines) is 1. The minimum Gasteiger partial charge on any atom is -0.444 e. The predicted molar refractivity (Wildman–Crippen MR) is 86.0 cm³/mol. The van der Waals surface area contributed by atoms with Crippen molar-refractivity contribution in [2.75, 3.05) is 39.3 Å². The van der Waals surface area contributed by atoms with Crippen LogP contribution in [-0.2, 0) is 9.53 Å². The highest BCUT2D eigenvalue weighted by Crippen LogP contribution is 2.24. The van der Waals surface area contributed by atoms with Crippen LogP contribution in [0, 0.1) is 0 Å². The van der Waals surface area contributed by atoms with E-state index in [2.05, 4.69) is 4.90 Å². The van der Waals surface area contributed by atoms with Crippen LogP contribution >= 0.6 is 0 Å². The molecule has 1 N–H and O–H groups in total. The van der Waals surface area contributed by atoms with E-state index in [0.29, 0.717) is 26.1 Å². The van der Waals surface area contributed by atoms with Gasteiger partial charge in [-0.05, 0) is 34.1 Å². The molecule has 0 spiro atoms. The van der Waals surface area contributed by atoms with Crippen molar-refractivity contribution in [1.82, 2.24) is 14.7 Å². The maximum Gasteiger partial charge on any atom is 0.410 e. The molecule has 2 heterocycles. The molecule has 7 heteroatoms. The van der Waals surface area contributed by atoms with Gasteiger partial charge in [0.2, 0.25) is 5.91 Å². The summed E-state index contributed by atoms with van der Waals surface area (Å²) in [6.45, 7) is 11.0. The molecule has 0 radical (unpaired) electrons. The van der Waals surface area contributed by atoms with Crippen LogP contribution in [0.25, 0.3) is 0 Å². The second kappa shape index (κ2) is 7.05. The quantitative estimate of drug-likeness (QED) is 0.818. The first-order valence-corrected chi connectivity index (χ1v) is 8.36. The smallest absolute Gasteiger partial charge is 0.410 e. The highest BCUT2D eigenvalue weighted by Gasteiger charge is 2.43. The minimum absolute atomic E-state index is 0.0123. The van der Waals surface area contributed by atoms with Gasteiger partial charge in [0.15, 0.2) is 0 Å². The van der Waals surface area contributed by atoms with Gasteiger partial charge < -0.3 is 14.7 Å². The lowest BCUT2D eigenvalue weighted by atomic mass is 10.0. The van der Waals surface area contributed by atoms with Crippen molar-refractivity contribution in [1.29, 1.82) is 0 Å². The third-order valence-electron chi connectivity index (χ3n) is 4.34. The summed E-state index contributed by atoms with van der Waals surface area (Å²) in [5.41, 5.74) is -0.552. The number of β-amino-alcohol motifs (C(OH)–C–C–N with tert-alkyl or cyclic N) is 1. The van der Waals surface area contributed by atoms with Gasteiger partial charge in [0.25, 0.3) is 0 Å². The fraction of sp³-hybridized carbons (Fsp3) is 0.875. The highest BCUT2D eigenvalue weighted by molar-refractivity contribution is 5.87. The second-order valence-corrected chi connectivity index (χ2v) is 7.38. The molecule has 0 aliphatic carbocycles. The molecule has 0 aromatic carbocycles. The van der Waals surface area contributed by atoms with Crippen LogP contribution in [0.15, 0.2) is 0 Å². The third-order valence-corrected chi connectivity index (χ3v) is 4.34. The molecule has 0 unspecified atom stereocenters. The van der Waals surface area contributed by atoms with Crippen LogP contribution in [0.2, 0.25) is 0 Å². The monoisotopic (exact) mass is 327 g/mol. The van der Waals surface area contributed by atoms with Gasteiger partial charge in [-0.3, -0.25) is 14.6 Å². The Morgan fingerprint density at radius 1 is 1.17 bits per heavy atom. The van der Waals surface area contributed by atoms with Crippen molar-refractivity contribution >= 4 is 12.0 Å². The maximum absolute atomic E-state index is 12.7. The van der Waals surface area contributed by atoms with Crippen molar-refractivity contribution < 1.29 is 19.4 Å². The molecule has 2 fully saturated rings. The molecule has 2 aliphatic rings. The van der Waals surface area contributed by atoms with Gasteiger partial charge >= 0.3 is 6.09 Å². The van der Waals surface area contributed by atoms with Gasteiger partial charge in [0.1, 0.15) is 11.6 Å². The van der Waals surface area contributed by atoms with Gasteiger partial charge in [-0.2, -0.15) is 0 Å². The topological polar surface area (TPSA) is 73.3 Å². The Kier molecular flexibility index (Phi) is 5.52. The first kappa shape index (κ1) is 18.0. The largest absolute Gasteiger partial charge is 0.444 e. The first-order valence-electron chi connectivity index (χ1n) is 8.36. The average Bonchev–Trinajstić information content (AvgIpc) is 2.35. The number of rotatable bonds is 3. The minimum atomic E-state index is -0.552. The van der Waals surface area contributed by atoms with Gasteiger partial charge in [-0.1, -0.05) is 0 Å². The van der Waals surface area contributed by atoms with Crippen molar-refractivity contribution in [3.05, 3.63) is 0 Å². The third kappa shape index (κ3) is 4.35. The Bertz CT molecular complexity index is 449. The molecular weight excluding hydrogens is 298 g/mol. The van der Waals surface area contributed by atoms with Crippen LogP contribution in [0.5, 0.6) is 0 Å². The molecule has 2 atom stereocenters. The summed E-state index contributed by atoms with van der Waals surface area (Å²) in [6, 6.07) is -0.305. The second-order valence-electron chi connectivity index (χ2n) is 7.38. The number of amides is 2. The Balaban J connectivity index is 1.92. The number of carbonyl (C=O) groups is 2. The zero-order chi connectivity index (χ0) is 17.2. The van der Waals surface area contributed by atoms with E-state index in [4.69, 9.17) is 9.84 Å². The molecule has 2 saturated heterocycles. The molecular formula is C16H29N3O4. The van der Waals surface area contributed by atoms with Crippen LogP contribution in [0.4, 0.5) is 4.79 Å². The van der Waals surface area contributed by atoms with E-state index >= 15 is 0 Å². The zero-order valence-corrected chi connectivity index (χ0v) is 14.6. The Hall–Kier alpha value is -1.34. The molecule has 2 aliphatic heterocycles. The van der Waals surface area contributed by atoms with E-state index in [-0.39, 0.29) is 18.6 Å². The molecule has 7 nitrogen and oxygen atoms in total. The number of nitrogens with zero attached hydrogens (tertiary/aromatic N) is 3. The standard InChI is InChI=1S/C16H29N3O4/c1-12-11-17(9-10-20)7-8-18(12)14(21)13-5-6-19(13)15(22)23-16(2,3)4/h12-13,20H,5-11H2,1-4H3/t12-,13+/m0/s1. The number of aliphatic hydroxyl groups is 1. The van der Waals surface area contributed by atoms with Crippen molar-refractivity contribution in [2.24, 2.45) is 0 Å². The summed E-state index contributed by atoms with van der Waals surface area (Å²) >= 11 is 0. The van der Waals surface area contributed by atoms with Gasteiger partial charge in [0, 0.05) is 38.8 Å². The molecule has 132 valence electrons. The van der Waals surface area contributed by atoms with Crippen LogP contribution in [0.3, 0.4) is 0 Å². The fourth-order valence-corrected chi connectivity index (χ4v) is 3.08. The lowest BCUT2D eigenvalue weighted by molar-refractivity contribution is -0.145. The van der Waals surface area contributed by atoms with Gasteiger partial charge in [-0.15, -0.1) is 0 Å². The van der Waals surface area contributed by atoms with E-state index in [1.807, 2.05) is 32.6 Å². The van der Waals surface area contributed by atoms with Crippen molar-refractivity contribution in [2.45, 2.75) is 51.8 Å². The zero-order valence-electron chi connectivity index (χ0n) is 14.6. The predicted octanol–water partition coefficient (Wildman–Crippen LogP) is 0.521. The summed E-state index contributed by atoms with van der Waals surface area (Å²) in [6.07, 6.45) is 0.287. The van der Waals surface area contributed by atoms with Gasteiger partial charge in [-0.25, -0.2) is 4.79 Å². The van der Waals surface area contributed by atoms with E-state index in [9.17, 15) is 9.59 Å². The lowest BCUT2D eigenvalue weighted by Crippen LogP contribution is -2.64. The lowest BCUT2D eigenvalue weighted by Gasteiger charge is -2.46. The van der Waals surface area contributed by atoms with E-state index in [1.54, 1.807) is 0 Å². The highest BCUT2D eigenvalue weighted by atomic mass is 16.6. The molecule has 0 bridgehead atoms. The number of hydrogen-bond donors (Lipinski definition) is 1. The molecule has 2 amide bonds. The summed E-state index contributed by atoms with van der Waals surface area (Å²) in [4.78, 5) is 30.4. The summed E-state index contributed by atoms with van der Waals surface area (Å²) < 4.78 is 5.37. The van der Waals surface area contributed by atoms with Crippen molar-refractivity contribution in [3.63, 3.8) is 0 Å². The SMILES string of the molecule is C[C@H]1CN(CCO)CCN1C(=O)[C@H]1CCN1C(=O)OC(C)(C)C. The fourth-order valence-electron chi connectivity index (χ4n) is 3.08. The van der Waals surface area contributed by atoms with Crippen molar-refractivity contribution in [3.8, 4) is 0 Å². The van der Waals surface area contributed by atoms with Gasteiger partial charge in [0.05, 0.1) is 6.61 Å². The number of ether oxygens (including phenoxy) is 1. The maximum atomic E-state index is 12.7. The molecule has 2 rings (SSSR count). The summed E-state index contributed by atoms with van der Waals surface area (Å²) in [5, 5.41) is 9.02. The Morgan fingerprint density at radius 3 is 2.35 bits per heavy atom. The number of hydrogen-bond acceptors (Lipinski definition) is 5. The molecule has 0 aromatic heterocycles. The summed E-state index contributed by atoms with van der Waals surface area (Å²) in [5.74, 6) is 0.0123. The van der Waals surface area contributed by atoms with E-state index in [0.717, 1.165) is 13.1 Å². The molecule has 0 saturated carbocycles. The number of aliphatic hydroxyl groups excluding tert-OH is 1. The Morgan fingerprint density at radius 2 is 1.87 bits per heavy atom. The normalized spacial score (nSPS) is 26.0. The van der Waals surface area contributed by atoms with Crippen LogP contribution in [0.1, 0.15) is 34.1 Å². The average molecular weight is 327 g/mol. The molecule has 0 aromatic rings. The first-order chi connectivity index (χ1) is 10.7.